The summed E-state index contributed by atoms with van der Waals surface area (Å²) in [6, 6.07) is 8.05. The lowest BCUT2D eigenvalue weighted by Crippen LogP contribution is -2.21. The maximum Gasteiger partial charge on any atom is 0.305 e. The van der Waals surface area contributed by atoms with Crippen molar-refractivity contribution in [1.82, 2.24) is 0 Å². The quantitative estimate of drug-likeness (QED) is 0.578. The Morgan fingerprint density at radius 2 is 2.11 bits per heavy atom. The molecule has 1 unspecified atom stereocenters. The van der Waals surface area contributed by atoms with E-state index in [-0.39, 0.29) is 12.0 Å². The fourth-order valence-electron chi connectivity index (χ4n) is 1.74. The Morgan fingerprint density at radius 1 is 1.37 bits per heavy atom. The molecule has 0 aliphatic rings. The van der Waals surface area contributed by atoms with Gasteiger partial charge in [0.2, 0.25) is 0 Å². The molecule has 0 saturated heterocycles. The van der Waals surface area contributed by atoms with Crippen LogP contribution in [0, 0.1) is 0 Å². The van der Waals surface area contributed by atoms with Gasteiger partial charge in [-0.25, -0.2) is 0 Å². The number of rotatable bonds is 8. The Kier molecular flexibility index (Phi) is 6.97. The van der Waals surface area contributed by atoms with Crippen LogP contribution in [0.15, 0.2) is 24.3 Å². The molecule has 0 bridgehead atoms. The van der Waals surface area contributed by atoms with Crippen molar-refractivity contribution in [3.05, 3.63) is 29.8 Å². The molecule has 0 aromatic heterocycles. The second-order valence-electron chi connectivity index (χ2n) is 4.51. The Labute approximate surface area is 114 Å². The predicted molar refractivity (Wildman–Crippen MR) is 75.2 cm³/mol. The lowest BCUT2D eigenvalue weighted by Gasteiger charge is -2.14. The molecule has 1 atom stereocenters. The van der Waals surface area contributed by atoms with Gasteiger partial charge in [-0.15, -0.1) is 0 Å². The predicted octanol–water partition coefficient (Wildman–Crippen LogP) is 2.30. The first kappa shape index (κ1) is 15.5. The van der Waals surface area contributed by atoms with Crippen LogP contribution < -0.4 is 10.5 Å². The highest BCUT2D eigenvalue weighted by molar-refractivity contribution is 5.69. The Morgan fingerprint density at radius 3 is 2.79 bits per heavy atom. The Balaban J connectivity index is 2.46. The van der Waals surface area contributed by atoms with E-state index in [0.29, 0.717) is 19.4 Å². The molecule has 1 aromatic carbocycles. The van der Waals surface area contributed by atoms with E-state index in [1.165, 1.54) is 7.11 Å². The summed E-state index contributed by atoms with van der Waals surface area (Å²) in [6.07, 6.45) is 2.79. The van der Waals surface area contributed by atoms with E-state index >= 15 is 0 Å². The highest BCUT2D eigenvalue weighted by Gasteiger charge is 2.07. The van der Waals surface area contributed by atoms with Gasteiger partial charge in [0.15, 0.2) is 0 Å². The number of carbonyl (C=O) groups excluding carboxylic acids is 1. The summed E-state index contributed by atoms with van der Waals surface area (Å²) in [4.78, 5) is 11.0. The standard InChI is InChI=1S/C15H23NO3/c1-3-13(16)11-12-7-4-5-8-14(12)19-10-6-9-15(17)18-2/h4-5,7-8,13H,3,6,9-11,16H2,1-2H3. The van der Waals surface area contributed by atoms with Gasteiger partial charge in [-0.05, 0) is 30.9 Å². The summed E-state index contributed by atoms with van der Waals surface area (Å²) in [5.74, 6) is 0.654. The molecule has 0 aliphatic heterocycles. The molecule has 4 nitrogen and oxygen atoms in total. The van der Waals surface area contributed by atoms with E-state index in [2.05, 4.69) is 11.7 Å². The molecule has 4 heteroatoms. The number of hydrogen-bond donors (Lipinski definition) is 1. The number of carbonyl (C=O) groups is 1. The van der Waals surface area contributed by atoms with Gasteiger partial charge in [0.1, 0.15) is 5.75 Å². The van der Waals surface area contributed by atoms with Crippen LogP contribution in [0.1, 0.15) is 31.7 Å². The van der Waals surface area contributed by atoms with Crippen LogP contribution in [0.3, 0.4) is 0 Å². The first-order valence-electron chi connectivity index (χ1n) is 6.70. The Bertz CT molecular complexity index is 393. The second-order valence-corrected chi connectivity index (χ2v) is 4.51. The lowest BCUT2D eigenvalue weighted by atomic mass is 10.0. The first-order valence-corrected chi connectivity index (χ1v) is 6.70. The van der Waals surface area contributed by atoms with Gasteiger partial charge in [-0.1, -0.05) is 25.1 Å². The van der Waals surface area contributed by atoms with Gasteiger partial charge in [-0.3, -0.25) is 4.79 Å². The minimum absolute atomic E-state index is 0.153. The van der Waals surface area contributed by atoms with Gasteiger partial charge in [-0.2, -0.15) is 0 Å². The van der Waals surface area contributed by atoms with Gasteiger partial charge in [0.05, 0.1) is 13.7 Å². The molecule has 0 fully saturated rings. The number of nitrogens with two attached hydrogens (primary N) is 1. The summed E-state index contributed by atoms with van der Waals surface area (Å²) >= 11 is 0. The maximum absolute atomic E-state index is 11.0. The number of ether oxygens (including phenoxy) is 2. The maximum atomic E-state index is 11.0. The zero-order chi connectivity index (χ0) is 14.1. The summed E-state index contributed by atoms with van der Waals surface area (Å²) in [5.41, 5.74) is 7.09. The minimum Gasteiger partial charge on any atom is -0.493 e. The average molecular weight is 265 g/mol. The van der Waals surface area contributed by atoms with Crippen molar-refractivity contribution in [3.8, 4) is 5.75 Å². The highest BCUT2D eigenvalue weighted by Crippen LogP contribution is 2.20. The molecule has 0 spiro atoms. The lowest BCUT2D eigenvalue weighted by molar-refractivity contribution is -0.140. The summed E-state index contributed by atoms with van der Waals surface area (Å²) in [7, 11) is 1.39. The van der Waals surface area contributed by atoms with E-state index in [1.54, 1.807) is 0 Å². The van der Waals surface area contributed by atoms with Gasteiger partial charge in [0.25, 0.3) is 0 Å². The zero-order valence-corrected chi connectivity index (χ0v) is 11.7. The second kappa shape index (κ2) is 8.53. The van der Waals surface area contributed by atoms with Crippen molar-refractivity contribution in [2.75, 3.05) is 13.7 Å². The number of para-hydroxylation sites is 1. The van der Waals surface area contributed by atoms with Gasteiger partial charge < -0.3 is 15.2 Å². The SMILES string of the molecule is CCC(N)Cc1ccccc1OCCCC(=O)OC. The zero-order valence-electron chi connectivity index (χ0n) is 11.7. The third-order valence-corrected chi connectivity index (χ3v) is 2.99. The average Bonchev–Trinajstić information content (AvgIpc) is 2.44. The minimum atomic E-state index is -0.204. The molecular formula is C15H23NO3. The van der Waals surface area contributed by atoms with Crippen molar-refractivity contribution in [1.29, 1.82) is 0 Å². The van der Waals surface area contributed by atoms with E-state index < -0.39 is 0 Å². The van der Waals surface area contributed by atoms with Crippen molar-refractivity contribution < 1.29 is 14.3 Å². The van der Waals surface area contributed by atoms with Crippen molar-refractivity contribution in [2.24, 2.45) is 5.73 Å². The fraction of sp³-hybridized carbons (Fsp3) is 0.533. The van der Waals surface area contributed by atoms with E-state index in [9.17, 15) is 4.79 Å². The molecule has 0 amide bonds. The third-order valence-electron chi connectivity index (χ3n) is 2.99. The molecule has 2 N–H and O–H groups in total. The highest BCUT2D eigenvalue weighted by atomic mass is 16.5. The third kappa shape index (κ3) is 5.75. The largest absolute Gasteiger partial charge is 0.493 e. The smallest absolute Gasteiger partial charge is 0.305 e. The van der Waals surface area contributed by atoms with Crippen molar-refractivity contribution >= 4 is 5.97 Å². The van der Waals surface area contributed by atoms with E-state index in [4.69, 9.17) is 10.5 Å². The summed E-state index contributed by atoms with van der Waals surface area (Å²) in [5, 5.41) is 0. The number of hydrogen-bond acceptors (Lipinski definition) is 4. The van der Waals surface area contributed by atoms with Crippen LogP contribution in [0.25, 0.3) is 0 Å². The molecule has 0 heterocycles. The topological polar surface area (TPSA) is 61.5 Å². The van der Waals surface area contributed by atoms with Crippen molar-refractivity contribution in [2.45, 2.75) is 38.6 Å². The molecular weight excluding hydrogens is 242 g/mol. The van der Waals surface area contributed by atoms with Crippen LogP contribution in [0.4, 0.5) is 0 Å². The van der Waals surface area contributed by atoms with Crippen LogP contribution in [-0.4, -0.2) is 25.7 Å². The van der Waals surface area contributed by atoms with Crippen LogP contribution in [0.2, 0.25) is 0 Å². The normalized spacial score (nSPS) is 11.9. The van der Waals surface area contributed by atoms with Crippen LogP contribution >= 0.6 is 0 Å². The van der Waals surface area contributed by atoms with E-state index in [1.807, 2.05) is 24.3 Å². The molecule has 1 rings (SSSR count). The first-order chi connectivity index (χ1) is 9.17. The molecule has 106 valence electrons. The number of benzene rings is 1. The fourth-order valence-corrected chi connectivity index (χ4v) is 1.74. The van der Waals surface area contributed by atoms with Crippen LogP contribution in [0.5, 0.6) is 5.75 Å². The summed E-state index contributed by atoms with van der Waals surface area (Å²) < 4.78 is 10.3. The molecule has 1 aromatic rings. The number of methoxy groups -OCH3 is 1. The monoisotopic (exact) mass is 265 g/mol. The summed E-state index contributed by atoms with van der Waals surface area (Å²) in [6.45, 7) is 2.58. The molecule has 0 aliphatic carbocycles. The number of esters is 1. The van der Waals surface area contributed by atoms with Gasteiger partial charge in [0, 0.05) is 12.5 Å². The van der Waals surface area contributed by atoms with Gasteiger partial charge >= 0.3 is 5.97 Å². The Hall–Kier alpha value is -1.55. The van der Waals surface area contributed by atoms with E-state index in [0.717, 1.165) is 24.2 Å². The molecule has 0 saturated carbocycles. The molecule has 0 radical (unpaired) electrons. The molecule has 19 heavy (non-hydrogen) atoms. The van der Waals surface area contributed by atoms with Crippen LogP contribution in [-0.2, 0) is 16.0 Å². The van der Waals surface area contributed by atoms with Crippen molar-refractivity contribution in [3.63, 3.8) is 0 Å².